The van der Waals surface area contributed by atoms with Crippen LogP contribution in [0.25, 0.3) is 11.4 Å². The van der Waals surface area contributed by atoms with Crippen molar-refractivity contribution in [2.24, 2.45) is 0 Å². The number of H-pyrrole nitrogens is 1. The van der Waals surface area contributed by atoms with Gasteiger partial charge in [-0.25, -0.2) is 9.37 Å². The molecule has 0 bridgehead atoms. The Morgan fingerprint density at radius 1 is 1.09 bits per heavy atom. The molecule has 8 nitrogen and oxygen atoms in total. The lowest BCUT2D eigenvalue weighted by atomic mass is 9.88. The van der Waals surface area contributed by atoms with E-state index >= 15 is 0 Å². The first-order valence-electron chi connectivity index (χ1n) is 15.0. The Balaban J connectivity index is 0.994. The first-order chi connectivity index (χ1) is 20.9. The topological polar surface area (TPSA) is 85.4 Å². The van der Waals surface area contributed by atoms with Crippen molar-refractivity contribution >= 4 is 11.6 Å². The molecule has 0 amide bonds. The maximum absolute atomic E-state index is 14.8. The smallest absolute Gasteiger partial charge is 0.278 e. The lowest BCUT2D eigenvalue weighted by Gasteiger charge is -2.32. The molecule has 2 fully saturated rings. The number of rotatable bonds is 6. The predicted octanol–water partition coefficient (Wildman–Crippen LogP) is 6.89. The Labute approximate surface area is 255 Å². The monoisotopic (exact) mass is 603 g/mol. The van der Waals surface area contributed by atoms with Gasteiger partial charge in [0.1, 0.15) is 11.6 Å². The summed E-state index contributed by atoms with van der Waals surface area (Å²) in [6, 6.07) is 12.7. The van der Waals surface area contributed by atoms with Crippen LogP contribution in [0.1, 0.15) is 72.7 Å². The summed E-state index contributed by atoms with van der Waals surface area (Å²) in [6.07, 6.45) is 5.96. The second-order valence-corrected chi connectivity index (χ2v) is 12.4. The minimum absolute atomic E-state index is 0.276. The van der Waals surface area contributed by atoms with Crippen molar-refractivity contribution in [3.8, 4) is 22.9 Å². The van der Waals surface area contributed by atoms with Crippen LogP contribution >= 0.6 is 11.6 Å². The van der Waals surface area contributed by atoms with Crippen molar-refractivity contribution in [2.75, 3.05) is 26.3 Å². The Bertz CT molecular complexity index is 1630. The summed E-state index contributed by atoms with van der Waals surface area (Å²) in [4.78, 5) is 12.0. The highest BCUT2D eigenvalue weighted by atomic mass is 35.5. The van der Waals surface area contributed by atoms with E-state index in [1.54, 1.807) is 19.1 Å². The summed E-state index contributed by atoms with van der Waals surface area (Å²) in [5.74, 6) is 1.81. The fraction of sp³-hybridized carbons (Fsp3) is 0.424. The molecule has 0 radical (unpaired) electrons. The van der Waals surface area contributed by atoms with Crippen molar-refractivity contribution in [1.29, 1.82) is 0 Å². The molecule has 0 unspecified atom stereocenters. The van der Waals surface area contributed by atoms with Crippen LogP contribution in [0.2, 0.25) is 5.02 Å². The number of aromatic amines is 1. The summed E-state index contributed by atoms with van der Waals surface area (Å²) in [6.45, 7) is 8.04. The molecule has 3 aliphatic rings. The third kappa shape index (κ3) is 5.61. The number of aryl methyl sites for hydroxylation is 1. The van der Waals surface area contributed by atoms with Crippen LogP contribution in [0.4, 0.5) is 4.39 Å². The molecule has 10 heteroatoms. The average Bonchev–Trinajstić information content (AvgIpc) is 3.64. The van der Waals surface area contributed by atoms with Crippen molar-refractivity contribution in [3.05, 3.63) is 87.7 Å². The molecule has 2 saturated heterocycles. The molecular weight excluding hydrogens is 569 g/mol. The number of ether oxygens (including phenoxy) is 3. The van der Waals surface area contributed by atoms with Gasteiger partial charge in [-0.3, -0.25) is 15.0 Å². The summed E-state index contributed by atoms with van der Waals surface area (Å²) in [5, 5.41) is 7.90. The normalized spacial score (nSPS) is 22.7. The van der Waals surface area contributed by atoms with Crippen LogP contribution in [0, 0.1) is 12.7 Å². The van der Waals surface area contributed by atoms with Gasteiger partial charge in [0.15, 0.2) is 17.3 Å². The number of pyridine rings is 1. The zero-order chi connectivity index (χ0) is 29.6. The SMILES string of the molecule is Cc1cc(-c2n[nH]c([C@@H]3CCCOC3)n2)cnc1CN1CCC(c2cccc3c2O[C@](C)(c2ccc(Cl)cc2F)O3)CC1. The summed E-state index contributed by atoms with van der Waals surface area (Å²) in [7, 11) is 0. The van der Waals surface area contributed by atoms with Gasteiger partial charge in [0.25, 0.3) is 5.79 Å². The molecule has 2 aromatic heterocycles. The maximum Gasteiger partial charge on any atom is 0.278 e. The molecule has 43 heavy (non-hydrogen) atoms. The van der Waals surface area contributed by atoms with Gasteiger partial charge >= 0.3 is 0 Å². The van der Waals surface area contributed by atoms with E-state index in [9.17, 15) is 4.39 Å². The fourth-order valence-corrected chi connectivity index (χ4v) is 6.64. The van der Waals surface area contributed by atoms with E-state index in [0.717, 1.165) is 80.1 Å². The average molecular weight is 604 g/mol. The molecule has 7 rings (SSSR count). The lowest BCUT2D eigenvalue weighted by Crippen LogP contribution is -2.34. The predicted molar refractivity (Wildman–Crippen MR) is 161 cm³/mol. The van der Waals surface area contributed by atoms with E-state index < -0.39 is 11.6 Å². The molecule has 3 aliphatic heterocycles. The number of para-hydroxylation sites is 1. The molecule has 2 atom stereocenters. The standard InChI is InChI=1S/C33H35ClFN5O3/c1-20-15-23(32-37-31(38-39-32)22-5-4-14-41-19-22)17-36-28(20)18-40-12-10-21(11-13-40)25-6-3-7-29-30(25)43-33(2,42-29)26-9-8-24(34)16-27(26)35/h3,6-9,15-17,21-22H,4-5,10-14,18-19H2,1-2H3,(H,37,38,39)/t22-,33-/m1/s1. The van der Waals surface area contributed by atoms with Gasteiger partial charge < -0.3 is 14.2 Å². The van der Waals surface area contributed by atoms with Gasteiger partial charge in [0.05, 0.1) is 17.9 Å². The van der Waals surface area contributed by atoms with Gasteiger partial charge in [-0.2, -0.15) is 5.10 Å². The number of nitrogens with zero attached hydrogens (tertiary/aromatic N) is 4. The largest absolute Gasteiger partial charge is 0.444 e. The molecule has 224 valence electrons. The Morgan fingerprint density at radius 3 is 2.72 bits per heavy atom. The zero-order valence-electron chi connectivity index (χ0n) is 24.4. The third-order valence-corrected chi connectivity index (χ3v) is 9.16. The van der Waals surface area contributed by atoms with Crippen molar-refractivity contribution < 1.29 is 18.6 Å². The molecular formula is C33H35ClFN5O3. The van der Waals surface area contributed by atoms with E-state index in [-0.39, 0.29) is 5.92 Å². The molecule has 0 saturated carbocycles. The number of hydrogen-bond donors (Lipinski definition) is 1. The minimum Gasteiger partial charge on any atom is -0.444 e. The first kappa shape index (κ1) is 28.3. The van der Waals surface area contributed by atoms with Gasteiger partial charge in [0.2, 0.25) is 0 Å². The van der Waals surface area contributed by atoms with E-state index in [2.05, 4.69) is 34.2 Å². The minimum atomic E-state index is -1.25. The number of fused-ring (bicyclic) bond motifs is 1. The number of benzene rings is 2. The zero-order valence-corrected chi connectivity index (χ0v) is 25.2. The highest BCUT2D eigenvalue weighted by molar-refractivity contribution is 6.30. The van der Waals surface area contributed by atoms with Gasteiger partial charge in [-0.1, -0.05) is 23.7 Å². The molecule has 1 N–H and O–H groups in total. The molecule has 5 heterocycles. The summed E-state index contributed by atoms with van der Waals surface area (Å²) in [5.41, 5.74) is 4.55. The van der Waals surface area contributed by atoms with Crippen molar-refractivity contribution in [3.63, 3.8) is 0 Å². The quantitative estimate of drug-likeness (QED) is 0.257. The summed E-state index contributed by atoms with van der Waals surface area (Å²) >= 11 is 5.97. The molecule has 4 aromatic rings. The van der Waals surface area contributed by atoms with E-state index in [1.165, 1.54) is 6.07 Å². The number of piperidine rings is 1. The van der Waals surface area contributed by atoms with Gasteiger partial charge in [-0.05, 0) is 87.5 Å². The van der Waals surface area contributed by atoms with Gasteiger partial charge in [0, 0.05) is 48.3 Å². The van der Waals surface area contributed by atoms with Crippen LogP contribution < -0.4 is 9.47 Å². The fourth-order valence-electron chi connectivity index (χ4n) is 6.48. The van der Waals surface area contributed by atoms with Crippen LogP contribution in [0.15, 0.2) is 48.7 Å². The van der Waals surface area contributed by atoms with Crippen LogP contribution in [0.3, 0.4) is 0 Å². The van der Waals surface area contributed by atoms with Crippen LogP contribution in [0.5, 0.6) is 11.5 Å². The van der Waals surface area contributed by atoms with Crippen molar-refractivity contribution in [1.82, 2.24) is 25.1 Å². The van der Waals surface area contributed by atoms with E-state index in [4.69, 9.17) is 35.8 Å². The Kier molecular flexibility index (Phi) is 7.57. The van der Waals surface area contributed by atoms with Gasteiger partial charge in [-0.15, -0.1) is 0 Å². The Morgan fingerprint density at radius 2 is 1.95 bits per heavy atom. The highest BCUT2D eigenvalue weighted by Crippen LogP contribution is 2.49. The highest BCUT2D eigenvalue weighted by Gasteiger charge is 2.43. The van der Waals surface area contributed by atoms with E-state index in [1.807, 2.05) is 18.3 Å². The molecule has 0 spiro atoms. The number of aromatic nitrogens is 4. The number of halogens is 2. The first-order valence-corrected chi connectivity index (χ1v) is 15.4. The maximum atomic E-state index is 14.8. The second kappa shape index (κ2) is 11.5. The lowest BCUT2D eigenvalue weighted by molar-refractivity contribution is -0.0712. The summed E-state index contributed by atoms with van der Waals surface area (Å²) < 4.78 is 32.9. The number of likely N-dealkylation sites (tertiary alicyclic amines) is 1. The third-order valence-electron chi connectivity index (χ3n) is 8.93. The Hall–Kier alpha value is -3.53. The van der Waals surface area contributed by atoms with E-state index in [0.29, 0.717) is 40.4 Å². The number of nitrogens with one attached hydrogen (secondary N) is 1. The number of hydrogen-bond acceptors (Lipinski definition) is 7. The van der Waals surface area contributed by atoms with Crippen LogP contribution in [-0.4, -0.2) is 51.4 Å². The molecule has 2 aromatic carbocycles. The second-order valence-electron chi connectivity index (χ2n) is 11.9. The van der Waals surface area contributed by atoms with Crippen molar-refractivity contribution in [2.45, 2.75) is 63.7 Å². The molecule has 0 aliphatic carbocycles. The van der Waals surface area contributed by atoms with Crippen LogP contribution in [-0.2, 0) is 17.1 Å².